The van der Waals surface area contributed by atoms with Crippen molar-refractivity contribution in [3.05, 3.63) is 89.7 Å². The highest BCUT2D eigenvalue weighted by Crippen LogP contribution is 2.34. The van der Waals surface area contributed by atoms with Crippen LogP contribution >= 0.6 is 0 Å². The SMILES string of the molecule is COc1ccc(N2CC(c3nc4ccccc4n3Cc3cccc(C)c3)CC2=O)cc1. The van der Waals surface area contributed by atoms with Gasteiger partial charge in [0.05, 0.1) is 18.1 Å². The number of hydrogen-bond donors (Lipinski definition) is 0. The molecule has 0 saturated carbocycles. The largest absolute Gasteiger partial charge is 0.497 e. The number of hydrogen-bond acceptors (Lipinski definition) is 3. The number of rotatable bonds is 5. The average Bonchev–Trinajstić information content (AvgIpc) is 3.35. The zero-order valence-electron chi connectivity index (χ0n) is 17.8. The molecule has 1 amide bonds. The fourth-order valence-corrected chi connectivity index (χ4v) is 4.46. The van der Waals surface area contributed by atoms with E-state index in [0.29, 0.717) is 13.0 Å². The highest BCUT2D eigenvalue weighted by atomic mass is 16.5. The van der Waals surface area contributed by atoms with Crippen molar-refractivity contribution in [2.45, 2.75) is 25.8 Å². The Morgan fingerprint density at radius 1 is 1.03 bits per heavy atom. The molecule has 0 bridgehead atoms. The van der Waals surface area contributed by atoms with Crippen LogP contribution in [-0.4, -0.2) is 29.1 Å². The Labute approximate surface area is 181 Å². The minimum atomic E-state index is 0.0480. The summed E-state index contributed by atoms with van der Waals surface area (Å²) in [5, 5.41) is 0. The van der Waals surface area contributed by atoms with Crippen LogP contribution in [0.2, 0.25) is 0 Å². The van der Waals surface area contributed by atoms with E-state index in [4.69, 9.17) is 9.72 Å². The number of carbonyl (C=O) groups excluding carboxylic acids is 1. The Morgan fingerprint density at radius 2 is 1.84 bits per heavy atom. The summed E-state index contributed by atoms with van der Waals surface area (Å²) >= 11 is 0. The van der Waals surface area contributed by atoms with Gasteiger partial charge in [-0.15, -0.1) is 0 Å². The fourth-order valence-electron chi connectivity index (χ4n) is 4.46. The smallest absolute Gasteiger partial charge is 0.227 e. The summed E-state index contributed by atoms with van der Waals surface area (Å²) in [6.07, 6.45) is 0.461. The predicted molar refractivity (Wildman–Crippen MR) is 123 cm³/mol. The molecule has 1 fully saturated rings. The topological polar surface area (TPSA) is 47.4 Å². The van der Waals surface area contributed by atoms with Crippen LogP contribution in [0.1, 0.15) is 29.3 Å². The van der Waals surface area contributed by atoms with Crippen molar-refractivity contribution < 1.29 is 9.53 Å². The van der Waals surface area contributed by atoms with Gasteiger partial charge in [0.1, 0.15) is 11.6 Å². The monoisotopic (exact) mass is 411 g/mol. The molecule has 0 N–H and O–H groups in total. The number of imidazole rings is 1. The van der Waals surface area contributed by atoms with Crippen LogP contribution in [0.25, 0.3) is 11.0 Å². The van der Waals surface area contributed by atoms with Crippen LogP contribution in [-0.2, 0) is 11.3 Å². The summed E-state index contributed by atoms with van der Waals surface area (Å²) in [4.78, 5) is 19.7. The summed E-state index contributed by atoms with van der Waals surface area (Å²) in [5.74, 6) is 1.94. The molecule has 31 heavy (non-hydrogen) atoms. The van der Waals surface area contributed by atoms with Crippen LogP contribution in [0.5, 0.6) is 5.75 Å². The van der Waals surface area contributed by atoms with Gasteiger partial charge in [0.15, 0.2) is 0 Å². The summed E-state index contributed by atoms with van der Waals surface area (Å²) in [6.45, 7) is 3.48. The van der Waals surface area contributed by atoms with Crippen LogP contribution < -0.4 is 9.64 Å². The van der Waals surface area contributed by atoms with Crippen LogP contribution in [0.15, 0.2) is 72.8 Å². The van der Waals surface area contributed by atoms with E-state index in [9.17, 15) is 4.79 Å². The molecule has 5 rings (SSSR count). The van der Waals surface area contributed by atoms with E-state index >= 15 is 0 Å². The first-order valence-corrected chi connectivity index (χ1v) is 10.6. The van der Waals surface area contributed by atoms with Crippen LogP contribution in [0, 0.1) is 6.92 Å². The minimum absolute atomic E-state index is 0.0480. The van der Waals surface area contributed by atoms with E-state index in [1.807, 2.05) is 47.4 Å². The van der Waals surface area contributed by atoms with Crippen molar-refractivity contribution in [3.63, 3.8) is 0 Å². The molecule has 3 aromatic carbocycles. The molecule has 0 spiro atoms. The number of ether oxygens (including phenoxy) is 1. The van der Waals surface area contributed by atoms with E-state index in [-0.39, 0.29) is 11.8 Å². The quantitative estimate of drug-likeness (QED) is 0.468. The van der Waals surface area contributed by atoms with Gasteiger partial charge in [-0.25, -0.2) is 4.98 Å². The van der Waals surface area contributed by atoms with Gasteiger partial charge >= 0.3 is 0 Å². The highest BCUT2D eigenvalue weighted by Gasteiger charge is 2.34. The Balaban J connectivity index is 1.50. The van der Waals surface area contributed by atoms with Gasteiger partial charge < -0.3 is 14.2 Å². The number of fused-ring (bicyclic) bond motifs is 1. The number of aryl methyl sites for hydroxylation is 1. The molecule has 1 saturated heterocycles. The fraction of sp³-hybridized carbons (Fsp3) is 0.231. The molecule has 156 valence electrons. The molecular weight excluding hydrogens is 386 g/mol. The molecular formula is C26H25N3O2. The normalized spacial score (nSPS) is 16.3. The molecule has 1 atom stereocenters. The first-order chi connectivity index (χ1) is 15.1. The zero-order valence-corrected chi connectivity index (χ0v) is 17.8. The second-order valence-electron chi connectivity index (χ2n) is 8.14. The third-order valence-electron chi connectivity index (χ3n) is 5.98. The van der Waals surface area contributed by atoms with Crippen molar-refractivity contribution in [1.82, 2.24) is 9.55 Å². The first-order valence-electron chi connectivity index (χ1n) is 10.6. The van der Waals surface area contributed by atoms with Crippen molar-refractivity contribution in [2.75, 3.05) is 18.6 Å². The first kappa shape index (κ1) is 19.4. The minimum Gasteiger partial charge on any atom is -0.497 e. The molecule has 4 aromatic rings. The zero-order chi connectivity index (χ0) is 21.4. The van der Waals surface area contributed by atoms with Crippen molar-refractivity contribution in [1.29, 1.82) is 0 Å². The molecule has 1 aliphatic rings. The van der Waals surface area contributed by atoms with Gasteiger partial charge in [0.25, 0.3) is 0 Å². The lowest BCUT2D eigenvalue weighted by Crippen LogP contribution is -2.24. The van der Waals surface area contributed by atoms with Gasteiger partial charge in [-0.2, -0.15) is 0 Å². The predicted octanol–water partition coefficient (Wildman–Crippen LogP) is 4.92. The number of para-hydroxylation sites is 2. The molecule has 1 aliphatic heterocycles. The average molecular weight is 412 g/mol. The van der Waals surface area contributed by atoms with Gasteiger partial charge in [0, 0.05) is 31.1 Å². The molecule has 0 aliphatic carbocycles. The van der Waals surface area contributed by atoms with Gasteiger partial charge in [0.2, 0.25) is 5.91 Å². The Kier molecular flexibility index (Phi) is 4.94. The van der Waals surface area contributed by atoms with Crippen molar-refractivity contribution in [2.24, 2.45) is 0 Å². The number of carbonyl (C=O) groups is 1. The summed E-state index contributed by atoms with van der Waals surface area (Å²) < 4.78 is 7.52. The lowest BCUT2D eigenvalue weighted by Gasteiger charge is -2.18. The van der Waals surface area contributed by atoms with Gasteiger partial charge in [-0.1, -0.05) is 42.0 Å². The highest BCUT2D eigenvalue weighted by molar-refractivity contribution is 5.96. The molecule has 5 nitrogen and oxygen atoms in total. The number of anilines is 1. The summed E-state index contributed by atoms with van der Waals surface area (Å²) in [7, 11) is 1.64. The second-order valence-corrected chi connectivity index (χ2v) is 8.14. The van der Waals surface area contributed by atoms with Gasteiger partial charge in [-0.3, -0.25) is 4.79 Å². The molecule has 0 radical (unpaired) electrons. The number of amides is 1. The lowest BCUT2D eigenvalue weighted by molar-refractivity contribution is -0.117. The van der Waals surface area contributed by atoms with E-state index in [1.165, 1.54) is 11.1 Å². The van der Waals surface area contributed by atoms with Crippen molar-refractivity contribution in [3.8, 4) is 5.75 Å². The maximum Gasteiger partial charge on any atom is 0.227 e. The third-order valence-corrected chi connectivity index (χ3v) is 5.98. The number of nitrogens with zero attached hydrogens (tertiary/aromatic N) is 3. The maximum atomic E-state index is 12.9. The molecule has 1 aromatic heterocycles. The van der Waals surface area contributed by atoms with Crippen LogP contribution in [0.4, 0.5) is 5.69 Å². The number of aromatic nitrogens is 2. The summed E-state index contributed by atoms with van der Waals surface area (Å²) in [5.41, 5.74) is 5.45. The van der Waals surface area contributed by atoms with E-state index in [1.54, 1.807) is 7.11 Å². The molecule has 5 heteroatoms. The Bertz CT molecular complexity index is 1240. The van der Waals surface area contributed by atoms with E-state index in [2.05, 4.69) is 41.8 Å². The number of methoxy groups -OCH3 is 1. The molecule has 1 unspecified atom stereocenters. The third kappa shape index (κ3) is 3.67. The van der Waals surface area contributed by atoms with Crippen LogP contribution in [0.3, 0.4) is 0 Å². The lowest BCUT2D eigenvalue weighted by atomic mass is 10.1. The van der Waals surface area contributed by atoms with E-state index in [0.717, 1.165) is 34.8 Å². The second kappa shape index (κ2) is 7.91. The maximum absolute atomic E-state index is 12.9. The Hall–Kier alpha value is -3.60. The van der Waals surface area contributed by atoms with E-state index < -0.39 is 0 Å². The molecule has 2 heterocycles. The summed E-state index contributed by atoms with van der Waals surface area (Å²) in [6, 6.07) is 24.4. The standard InChI is InChI=1S/C26H25N3O2/c1-18-6-5-7-19(14-18)16-29-24-9-4-3-8-23(24)27-26(29)20-15-25(30)28(17-20)21-10-12-22(31-2)13-11-21/h3-14,20H,15-17H2,1-2H3. The van der Waals surface area contributed by atoms with Gasteiger partial charge in [-0.05, 0) is 48.9 Å². The van der Waals surface area contributed by atoms with Crippen molar-refractivity contribution >= 4 is 22.6 Å². The Morgan fingerprint density at radius 3 is 2.61 bits per heavy atom. The number of benzene rings is 3.